The van der Waals surface area contributed by atoms with Gasteiger partial charge in [-0.2, -0.15) is 0 Å². The molecule has 0 aliphatic heterocycles. The van der Waals surface area contributed by atoms with Gasteiger partial charge in [-0.25, -0.2) is 4.79 Å². The van der Waals surface area contributed by atoms with Gasteiger partial charge in [-0.3, -0.25) is 20.4 Å². The number of benzene rings is 2. The summed E-state index contributed by atoms with van der Waals surface area (Å²) in [7, 11) is 1.52. The maximum atomic E-state index is 12.0. The predicted octanol–water partition coefficient (Wildman–Crippen LogP) is 2.74. The van der Waals surface area contributed by atoms with Crippen molar-refractivity contribution in [3.63, 3.8) is 0 Å². The van der Waals surface area contributed by atoms with Crippen LogP contribution in [0.4, 0.5) is 0 Å². The van der Waals surface area contributed by atoms with Gasteiger partial charge >= 0.3 is 5.97 Å². The molecule has 8 heteroatoms. The number of nitrogens with one attached hydrogen (secondary N) is 2. The molecule has 2 N–H and O–H groups in total. The van der Waals surface area contributed by atoms with Gasteiger partial charge in [0.25, 0.3) is 11.8 Å². The quantitative estimate of drug-likeness (QED) is 0.483. The van der Waals surface area contributed by atoms with Crippen LogP contribution in [0.5, 0.6) is 11.5 Å². The van der Waals surface area contributed by atoms with E-state index < -0.39 is 24.4 Å². The van der Waals surface area contributed by atoms with Gasteiger partial charge in [0.15, 0.2) is 6.61 Å². The van der Waals surface area contributed by atoms with E-state index in [0.717, 1.165) is 6.42 Å². The Morgan fingerprint density at radius 1 is 0.867 bits per heavy atom. The van der Waals surface area contributed by atoms with Crippen molar-refractivity contribution in [3.05, 3.63) is 59.7 Å². The van der Waals surface area contributed by atoms with Crippen LogP contribution in [0.2, 0.25) is 0 Å². The lowest BCUT2D eigenvalue weighted by molar-refractivity contribution is -0.125. The van der Waals surface area contributed by atoms with Gasteiger partial charge in [-0.05, 0) is 60.9 Å². The number of carbonyl (C=O) groups excluding carboxylic acids is 3. The van der Waals surface area contributed by atoms with Crippen LogP contribution in [0.1, 0.15) is 41.0 Å². The number of carbonyl (C=O) groups is 3. The van der Waals surface area contributed by atoms with Crippen LogP contribution in [-0.4, -0.2) is 38.1 Å². The van der Waals surface area contributed by atoms with Crippen molar-refractivity contribution in [1.82, 2.24) is 10.9 Å². The average molecular weight is 414 g/mol. The van der Waals surface area contributed by atoms with Crippen molar-refractivity contribution in [1.29, 1.82) is 0 Å². The summed E-state index contributed by atoms with van der Waals surface area (Å²) in [4.78, 5) is 35.8. The summed E-state index contributed by atoms with van der Waals surface area (Å²) in [5, 5.41) is 0. The zero-order valence-electron chi connectivity index (χ0n) is 17.3. The van der Waals surface area contributed by atoms with E-state index in [1.54, 1.807) is 48.5 Å². The maximum Gasteiger partial charge on any atom is 0.338 e. The first kappa shape index (κ1) is 22.7. The Morgan fingerprint density at radius 3 is 2.07 bits per heavy atom. The number of rotatable bonds is 9. The van der Waals surface area contributed by atoms with Crippen LogP contribution < -0.4 is 20.3 Å². The second-order valence-corrected chi connectivity index (χ2v) is 6.86. The van der Waals surface area contributed by atoms with E-state index in [1.807, 2.05) is 0 Å². The Kier molecular flexibility index (Phi) is 8.68. The van der Waals surface area contributed by atoms with Gasteiger partial charge in [-0.1, -0.05) is 13.8 Å². The lowest BCUT2D eigenvalue weighted by Gasteiger charge is -2.10. The molecular weight excluding hydrogens is 388 g/mol. The van der Waals surface area contributed by atoms with Crippen molar-refractivity contribution >= 4 is 17.8 Å². The standard InChI is InChI=1S/C22H26N2O6/c1-15(2)12-13-29-19-10-6-17(7-11-19)22(27)30-14-20(25)23-24-21(26)16-4-8-18(28-3)9-5-16/h4-11,15H,12-14H2,1-3H3,(H,23,25)(H,24,26). The molecule has 0 bridgehead atoms. The summed E-state index contributed by atoms with van der Waals surface area (Å²) >= 11 is 0. The lowest BCUT2D eigenvalue weighted by Crippen LogP contribution is -2.43. The maximum absolute atomic E-state index is 12.0. The van der Waals surface area contributed by atoms with Gasteiger partial charge in [0.2, 0.25) is 0 Å². The van der Waals surface area contributed by atoms with Crippen molar-refractivity contribution in [2.45, 2.75) is 20.3 Å². The number of ether oxygens (including phenoxy) is 3. The summed E-state index contributed by atoms with van der Waals surface area (Å²) in [5.41, 5.74) is 5.07. The van der Waals surface area contributed by atoms with Gasteiger partial charge in [0.05, 0.1) is 19.3 Å². The molecule has 0 spiro atoms. The third-order valence-electron chi connectivity index (χ3n) is 4.06. The Balaban J connectivity index is 1.73. The predicted molar refractivity (Wildman–Crippen MR) is 110 cm³/mol. The topological polar surface area (TPSA) is 103 Å². The zero-order chi connectivity index (χ0) is 21.9. The fraction of sp³-hybridized carbons (Fsp3) is 0.318. The third kappa shape index (κ3) is 7.46. The number of amides is 2. The molecule has 2 amide bonds. The van der Waals surface area contributed by atoms with Crippen molar-refractivity contribution in [3.8, 4) is 11.5 Å². The highest BCUT2D eigenvalue weighted by Crippen LogP contribution is 2.14. The van der Waals surface area contributed by atoms with E-state index in [-0.39, 0.29) is 0 Å². The fourth-order valence-electron chi connectivity index (χ4n) is 2.29. The summed E-state index contributed by atoms with van der Waals surface area (Å²) in [6, 6.07) is 12.8. The molecule has 2 aromatic rings. The molecule has 0 heterocycles. The van der Waals surface area contributed by atoms with E-state index >= 15 is 0 Å². The number of hydrogen-bond donors (Lipinski definition) is 2. The van der Waals surface area contributed by atoms with Crippen LogP contribution in [0.15, 0.2) is 48.5 Å². The van der Waals surface area contributed by atoms with E-state index in [4.69, 9.17) is 14.2 Å². The first-order valence-corrected chi connectivity index (χ1v) is 9.52. The van der Waals surface area contributed by atoms with Crippen molar-refractivity contribution in [2.75, 3.05) is 20.3 Å². The Hall–Kier alpha value is -3.55. The summed E-state index contributed by atoms with van der Waals surface area (Å²) in [6.45, 7) is 4.30. The Labute approximate surface area is 175 Å². The number of methoxy groups -OCH3 is 1. The van der Waals surface area contributed by atoms with E-state index in [9.17, 15) is 14.4 Å². The second kappa shape index (κ2) is 11.5. The van der Waals surface area contributed by atoms with Crippen LogP contribution >= 0.6 is 0 Å². The Morgan fingerprint density at radius 2 is 1.47 bits per heavy atom. The molecule has 2 aromatic carbocycles. The molecule has 0 radical (unpaired) electrons. The molecule has 0 aromatic heterocycles. The molecule has 0 aliphatic carbocycles. The van der Waals surface area contributed by atoms with E-state index in [2.05, 4.69) is 24.7 Å². The monoisotopic (exact) mass is 414 g/mol. The average Bonchev–Trinajstić information content (AvgIpc) is 2.76. The second-order valence-electron chi connectivity index (χ2n) is 6.86. The minimum Gasteiger partial charge on any atom is -0.497 e. The first-order chi connectivity index (χ1) is 14.4. The SMILES string of the molecule is COc1ccc(C(=O)NNC(=O)COC(=O)c2ccc(OCCC(C)C)cc2)cc1. The highest BCUT2D eigenvalue weighted by molar-refractivity contribution is 5.96. The highest BCUT2D eigenvalue weighted by Gasteiger charge is 2.12. The first-order valence-electron chi connectivity index (χ1n) is 9.52. The summed E-state index contributed by atoms with van der Waals surface area (Å²) < 4.78 is 15.6. The largest absolute Gasteiger partial charge is 0.497 e. The molecular formula is C22H26N2O6. The van der Waals surface area contributed by atoms with E-state index in [0.29, 0.717) is 35.2 Å². The molecule has 0 unspecified atom stereocenters. The van der Waals surface area contributed by atoms with Gasteiger partial charge < -0.3 is 14.2 Å². The summed E-state index contributed by atoms with van der Waals surface area (Å²) in [6.07, 6.45) is 0.938. The number of hydrogen-bond acceptors (Lipinski definition) is 6. The van der Waals surface area contributed by atoms with Crippen molar-refractivity contribution in [2.24, 2.45) is 5.92 Å². The molecule has 0 atom stereocenters. The van der Waals surface area contributed by atoms with Crippen LogP contribution in [-0.2, 0) is 9.53 Å². The summed E-state index contributed by atoms with van der Waals surface area (Å²) in [5.74, 6) is -0.0141. The fourth-order valence-corrected chi connectivity index (χ4v) is 2.29. The molecule has 0 aliphatic rings. The molecule has 30 heavy (non-hydrogen) atoms. The lowest BCUT2D eigenvalue weighted by atomic mass is 10.1. The Bertz CT molecular complexity index is 847. The molecule has 0 saturated carbocycles. The van der Waals surface area contributed by atoms with Crippen LogP contribution in [0.3, 0.4) is 0 Å². The number of esters is 1. The third-order valence-corrected chi connectivity index (χ3v) is 4.06. The highest BCUT2D eigenvalue weighted by atomic mass is 16.5. The van der Waals surface area contributed by atoms with Crippen LogP contribution in [0, 0.1) is 5.92 Å². The van der Waals surface area contributed by atoms with Gasteiger partial charge in [0.1, 0.15) is 11.5 Å². The van der Waals surface area contributed by atoms with Gasteiger partial charge in [0, 0.05) is 5.56 Å². The minimum absolute atomic E-state index is 0.293. The van der Waals surface area contributed by atoms with E-state index in [1.165, 1.54) is 7.11 Å². The number of hydrazine groups is 1. The van der Waals surface area contributed by atoms with Crippen LogP contribution in [0.25, 0.3) is 0 Å². The smallest absolute Gasteiger partial charge is 0.338 e. The molecule has 160 valence electrons. The molecule has 8 nitrogen and oxygen atoms in total. The molecule has 0 fully saturated rings. The minimum atomic E-state index is -0.668. The van der Waals surface area contributed by atoms with Gasteiger partial charge in [-0.15, -0.1) is 0 Å². The molecule has 2 rings (SSSR count). The normalized spacial score (nSPS) is 10.3. The molecule has 0 saturated heterocycles. The zero-order valence-corrected chi connectivity index (χ0v) is 17.3. The van der Waals surface area contributed by atoms with Crippen molar-refractivity contribution < 1.29 is 28.6 Å².